The van der Waals surface area contributed by atoms with Crippen LogP contribution in [0.5, 0.6) is 5.75 Å². The van der Waals surface area contributed by atoms with Crippen molar-refractivity contribution in [3.8, 4) is 16.9 Å². The number of carbonyl (C=O) groups is 1. The van der Waals surface area contributed by atoms with Crippen LogP contribution < -0.4 is 4.74 Å². The zero-order chi connectivity index (χ0) is 27.1. The van der Waals surface area contributed by atoms with Crippen molar-refractivity contribution in [2.75, 3.05) is 6.61 Å². The number of rotatable bonds is 11. The van der Waals surface area contributed by atoms with Crippen LogP contribution in [0.25, 0.3) is 11.1 Å². The molecule has 38 heavy (non-hydrogen) atoms. The van der Waals surface area contributed by atoms with Gasteiger partial charge in [-0.2, -0.15) is 0 Å². The van der Waals surface area contributed by atoms with Gasteiger partial charge in [0, 0.05) is 6.42 Å². The Morgan fingerprint density at radius 1 is 0.947 bits per heavy atom. The summed E-state index contributed by atoms with van der Waals surface area (Å²) in [7, 11) is 0. The maximum atomic E-state index is 14.0. The van der Waals surface area contributed by atoms with E-state index in [1.807, 2.05) is 36.4 Å². The number of aliphatic hydroxyl groups is 3. The van der Waals surface area contributed by atoms with Crippen molar-refractivity contribution < 1.29 is 38.7 Å². The summed E-state index contributed by atoms with van der Waals surface area (Å²) in [5, 5.41) is 31.4. The third kappa shape index (κ3) is 7.24. The second kappa shape index (κ2) is 13.1. The molecule has 3 N–H and O–H groups in total. The van der Waals surface area contributed by atoms with E-state index in [-0.39, 0.29) is 18.2 Å². The Hall–Kier alpha value is -3.14. The van der Waals surface area contributed by atoms with Crippen LogP contribution in [-0.4, -0.2) is 58.4 Å². The SMILES string of the molecule is CC(=O)CCCc1ccc(O[C@@H]2O[C@@H](COCc3ccccc3)[C@H](O)[C@@H](O)[C@H]2O)cc1-c1cccc(F)c1. The smallest absolute Gasteiger partial charge is 0.229 e. The highest BCUT2D eigenvalue weighted by Crippen LogP contribution is 2.32. The molecule has 0 radical (unpaired) electrons. The van der Waals surface area contributed by atoms with Gasteiger partial charge in [-0.05, 0) is 66.3 Å². The van der Waals surface area contributed by atoms with Gasteiger partial charge in [0.05, 0.1) is 13.2 Å². The van der Waals surface area contributed by atoms with Gasteiger partial charge in [0.1, 0.15) is 41.8 Å². The molecule has 7 nitrogen and oxygen atoms in total. The summed E-state index contributed by atoms with van der Waals surface area (Å²) in [6.07, 6.45) is -4.89. The molecule has 0 spiro atoms. The molecule has 1 fully saturated rings. The maximum Gasteiger partial charge on any atom is 0.229 e. The third-order valence-electron chi connectivity index (χ3n) is 6.51. The molecule has 0 aromatic heterocycles. The van der Waals surface area contributed by atoms with E-state index in [1.165, 1.54) is 12.1 Å². The molecular weight excluding hydrogens is 491 g/mol. The lowest BCUT2D eigenvalue weighted by molar-refractivity contribution is -0.280. The lowest BCUT2D eigenvalue weighted by Crippen LogP contribution is -2.60. The highest BCUT2D eigenvalue weighted by atomic mass is 19.1. The van der Waals surface area contributed by atoms with E-state index in [9.17, 15) is 24.5 Å². The van der Waals surface area contributed by atoms with Crippen LogP contribution in [0.3, 0.4) is 0 Å². The first-order valence-electron chi connectivity index (χ1n) is 12.7. The molecule has 0 amide bonds. The summed E-state index contributed by atoms with van der Waals surface area (Å²) in [5.74, 6) is 0.0462. The quantitative estimate of drug-likeness (QED) is 0.350. The van der Waals surface area contributed by atoms with Crippen LogP contribution in [0.4, 0.5) is 4.39 Å². The Morgan fingerprint density at radius 2 is 1.74 bits per heavy atom. The topological polar surface area (TPSA) is 105 Å². The number of Topliss-reactive ketones (excluding diaryl/α,β-unsaturated/α-hetero) is 1. The summed E-state index contributed by atoms with van der Waals surface area (Å²) in [5.41, 5.74) is 3.22. The van der Waals surface area contributed by atoms with Gasteiger partial charge in [-0.15, -0.1) is 0 Å². The van der Waals surface area contributed by atoms with E-state index in [1.54, 1.807) is 31.2 Å². The Bertz CT molecular complexity index is 1200. The molecular formula is C30H33FO7. The zero-order valence-corrected chi connectivity index (χ0v) is 21.2. The molecule has 1 heterocycles. The number of aliphatic hydroxyl groups excluding tert-OH is 3. The molecule has 1 aliphatic heterocycles. The van der Waals surface area contributed by atoms with Crippen molar-refractivity contribution in [3.63, 3.8) is 0 Å². The van der Waals surface area contributed by atoms with Crippen molar-refractivity contribution in [2.24, 2.45) is 0 Å². The Balaban J connectivity index is 1.49. The minimum Gasteiger partial charge on any atom is -0.462 e. The number of hydrogen-bond donors (Lipinski definition) is 3. The van der Waals surface area contributed by atoms with Crippen LogP contribution in [0, 0.1) is 5.82 Å². The van der Waals surface area contributed by atoms with Gasteiger partial charge in [-0.3, -0.25) is 0 Å². The summed E-state index contributed by atoms with van der Waals surface area (Å²) >= 11 is 0. The standard InChI is InChI=1S/C30H33FO7/c1-19(32)7-5-10-21-13-14-24(16-25(21)22-11-6-12-23(31)15-22)37-30-29(35)28(34)27(33)26(38-30)18-36-17-20-8-3-2-4-9-20/h2-4,6,8-9,11-16,26-30,33-35H,5,7,10,17-18H2,1H3/t26-,27-,28+,29+,30+/m0/s1. The number of benzene rings is 3. The van der Waals surface area contributed by atoms with Gasteiger partial charge in [0.25, 0.3) is 0 Å². The minimum absolute atomic E-state index is 0.0245. The molecule has 3 aromatic carbocycles. The number of carbonyl (C=O) groups excluding carboxylic acids is 1. The van der Waals surface area contributed by atoms with E-state index in [4.69, 9.17) is 14.2 Å². The Kier molecular flexibility index (Phi) is 9.60. The van der Waals surface area contributed by atoms with Crippen LogP contribution >= 0.6 is 0 Å². The molecule has 5 atom stereocenters. The lowest BCUT2D eigenvalue weighted by atomic mass is 9.95. The molecule has 0 saturated carbocycles. The minimum atomic E-state index is -1.51. The van der Waals surface area contributed by atoms with Crippen LogP contribution in [0.15, 0.2) is 72.8 Å². The zero-order valence-electron chi connectivity index (χ0n) is 21.2. The third-order valence-corrected chi connectivity index (χ3v) is 6.51. The molecule has 8 heteroatoms. The maximum absolute atomic E-state index is 14.0. The highest BCUT2D eigenvalue weighted by Gasteiger charge is 2.45. The Morgan fingerprint density at radius 3 is 2.47 bits per heavy atom. The molecule has 3 aromatic rings. The number of ether oxygens (including phenoxy) is 3. The molecule has 1 aliphatic rings. The van der Waals surface area contributed by atoms with Crippen molar-refractivity contribution in [1.82, 2.24) is 0 Å². The van der Waals surface area contributed by atoms with Gasteiger partial charge in [-0.1, -0.05) is 48.5 Å². The molecule has 202 valence electrons. The number of aryl methyl sites for hydroxylation is 1. The first-order valence-corrected chi connectivity index (χ1v) is 12.7. The summed E-state index contributed by atoms with van der Waals surface area (Å²) in [4.78, 5) is 11.4. The van der Waals surface area contributed by atoms with Gasteiger partial charge in [-0.25, -0.2) is 4.39 Å². The van der Waals surface area contributed by atoms with E-state index in [0.717, 1.165) is 16.7 Å². The average molecular weight is 525 g/mol. The van der Waals surface area contributed by atoms with Crippen LogP contribution in [-0.2, 0) is 27.3 Å². The number of ketones is 1. The number of hydrogen-bond acceptors (Lipinski definition) is 7. The normalized spacial score (nSPS) is 23.2. The summed E-state index contributed by atoms with van der Waals surface area (Å²) in [6, 6.07) is 20.9. The fourth-order valence-electron chi connectivity index (χ4n) is 4.45. The molecule has 0 unspecified atom stereocenters. The molecule has 0 bridgehead atoms. The second-order valence-corrected chi connectivity index (χ2v) is 9.52. The summed E-state index contributed by atoms with van der Waals surface area (Å²) < 4.78 is 31.4. The molecule has 1 saturated heterocycles. The number of halogens is 1. The van der Waals surface area contributed by atoms with Crippen LogP contribution in [0.2, 0.25) is 0 Å². The fraction of sp³-hybridized carbons (Fsp3) is 0.367. The highest BCUT2D eigenvalue weighted by molar-refractivity contribution is 5.75. The van der Waals surface area contributed by atoms with Crippen molar-refractivity contribution in [2.45, 2.75) is 63.5 Å². The van der Waals surface area contributed by atoms with Crippen molar-refractivity contribution in [3.05, 3.63) is 89.7 Å². The predicted octanol–water partition coefficient (Wildman–Crippen LogP) is 3.81. The van der Waals surface area contributed by atoms with Crippen molar-refractivity contribution in [1.29, 1.82) is 0 Å². The largest absolute Gasteiger partial charge is 0.462 e. The molecule has 4 rings (SSSR count). The van der Waals surface area contributed by atoms with Crippen molar-refractivity contribution >= 4 is 5.78 Å². The van der Waals surface area contributed by atoms with E-state index >= 15 is 0 Å². The van der Waals surface area contributed by atoms with Crippen LogP contribution in [0.1, 0.15) is 30.9 Å². The average Bonchev–Trinajstić information content (AvgIpc) is 2.91. The first-order chi connectivity index (χ1) is 18.3. The van der Waals surface area contributed by atoms with E-state index in [2.05, 4.69) is 0 Å². The predicted molar refractivity (Wildman–Crippen MR) is 139 cm³/mol. The van der Waals surface area contributed by atoms with E-state index in [0.29, 0.717) is 37.2 Å². The Labute approximate surface area is 221 Å². The summed E-state index contributed by atoms with van der Waals surface area (Å²) in [6.45, 7) is 1.81. The fourth-order valence-corrected chi connectivity index (χ4v) is 4.45. The molecule has 0 aliphatic carbocycles. The van der Waals surface area contributed by atoms with Gasteiger partial charge in [0.15, 0.2) is 0 Å². The second-order valence-electron chi connectivity index (χ2n) is 9.52. The van der Waals surface area contributed by atoms with Gasteiger partial charge in [0.2, 0.25) is 6.29 Å². The van der Waals surface area contributed by atoms with Gasteiger partial charge >= 0.3 is 0 Å². The monoisotopic (exact) mass is 524 g/mol. The van der Waals surface area contributed by atoms with E-state index < -0.39 is 30.7 Å². The lowest BCUT2D eigenvalue weighted by Gasteiger charge is -2.40. The van der Waals surface area contributed by atoms with Gasteiger partial charge < -0.3 is 34.3 Å². The first kappa shape index (κ1) is 27.9.